The first-order valence-electron chi connectivity index (χ1n) is 6.96. The van der Waals surface area contributed by atoms with E-state index in [0.29, 0.717) is 10.3 Å². The Morgan fingerprint density at radius 1 is 0.636 bits per heavy atom. The van der Waals surface area contributed by atoms with Gasteiger partial charge in [-0.2, -0.15) is 0 Å². The molecule has 106 valence electrons. The molecular weight excluding hydrogens is 313 g/mol. The van der Waals surface area contributed by atoms with Crippen LogP contribution in [0.15, 0.2) is 66.7 Å². The van der Waals surface area contributed by atoms with Crippen LogP contribution in [0.5, 0.6) is 0 Å². The number of nitrogens with zero attached hydrogens (tertiary/aromatic N) is 1. The summed E-state index contributed by atoms with van der Waals surface area (Å²) >= 11 is 12.2. The second kappa shape index (κ2) is 5.28. The van der Waals surface area contributed by atoms with Crippen LogP contribution >= 0.6 is 23.2 Å². The third-order valence-electron chi connectivity index (χ3n) is 3.82. The summed E-state index contributed by atoms with van der Waals surface area (Å²) in [6.45, 7) is 0. The smallest absolute Gasteiger partial charge is 0.131 e. The molecule has 1 aromatic heterocycles. The van der Waals surface area contributed by atoms with Gasteiger partial charge in [0.25, 0.3) is 0 Å². The van der Waals surface area contributed by atoms with E-state index < -0.39 is 0 Å². The van der Waals surface area contributed by atoms with Crippen LogP contribution in [0, 0.1) is 0 Å². The molecule has 1 heterocycles. The molecule has 0 N–H and O–H groups in total. The van der Waals surface area contributed by atoms with Gasteiger partial charge in [0, 0.05) is 0 Å². The van der Waals surface area contributed by atoms with E-state index in [1.54, 1.807) is 0 Å². The minimum atomic E-state index is 0.402. The standard InChI is InChI=1S/C19H11Cl2N/c20-17-10-14(11-18(21)22-17)19-15-7-3-1-5-12(15)9-13-6-2-4-8-16(13)19/h1-11H. The van der Waals surface area contributed by atoms with Crippen molar-refractivity contribution in [1.82, 2.24) is 4.98 Å². The van der Waals surface area contributed by atoms with E-state index in [1.165, 1.54) is 21.5 Å². The summed E-state index contributed by atoms with van der Waals surface area (Å²) in [6, 6.07) is 22.6. The molecule has 0 aliphatic heterocycles. The van der Waals surface area contributed by atoms with Crippen molar-refractivity contribution >= 4 is 44.7 Å². The highest BCUT2D eigenvalue weighted by atomic mass is 35.5. The Balaban J connectivity index is 2.21. The van der Waals surface area contributed by atoms with Gasteiger partial charge in [-0.3, -0.25) is 0 Å². The lowest BCUT2D eigenvalue weighted by atomic mass is 9.93. The lowest BCUT2D eigenvalue weighted by Crippen LogP contribution is -1.87. The Labute approximate surface area is 138 Å². The first kappa shape index (κ1) is 13.6. The van der Waals surface area contributed by atoms with Crippen molar-refractivity contribution in [3.05, 3.63) is 77.0 Å². The molecule has 0 saturated carbocycles. The molecule has 0 bridgehead atoms. The summed E-state index contributed by atoms with van der Waals surface area (Å²) in [5.74, 6) is 0. The molecule has 4 rings (SSSR count). The van der Waals surface area contributed by atoms with Gasteiger partial charge in [-0.1, -0.05) is 71.7 Å². The second-order valence-electron chi connectivity index (χ2n) is 5.20. The van der Waals surface area contributed by atoms with Gasteiger partial charge in [-0.05, 0) is 50.9 Å². The molecule has 22 heavy (non-hydrogen) atoms. The molecular formula is C19H11Cl2N. The van der Waals surface area contributed by atoms with Crippen LogP contribution in [0.2, 0.25) is 10.3 Å². The van der Waals surface area contributed by atoms with Crippen LogP contribution in [0.25, 0.3) is 32.7 Å². The third kappa shape index (κ3) is 2.23. The summed E-state index contributed by atoms with van der Waals surface area (Å²) in [4.78, 5) is 4.05. The largest absolute Gasteiger partial charge is 0.224 e. The summed E-state index contributed by atoms with van der Waals surface area (Å²) < 4.78 is 0. The minimum absolute atomic E-state index is 0.402. The van der Waals surface area contributed by atoms with Gasteiger partial charge in [0.2, 0.25) is 0 Å². The predicted molar refractivity (Wildman–Crippen MR) is 94.7 cm³/mol. The van der Waals surface area contributed by atoms with E-state index in [4.69, 9.17) is 23.2 Å². The molecule has 0 spiro atoms. The van der Waals surface area contributed by atoms with Crippen molar-refractivity contribution in [3.63, 3.8) is 0 Å². The first-order valence-corrected chi connectivity index (χ1v) is 7.72. The minimum Gasteiger partial charge on any atom is -0.224 e. The third-order valence-corrected chi connectivity index (χ3v) is 4.21. The van der Waals surface area contributed by atoms with Crippen molar-refractivity contribution in [3.8, 4) is 11.1 Å². The normalized spacial score (nSPS) is 11.2. The zero-order valence-corrected chi connectivity index (χ0v) is 13.1. The number of pyridine rings is 1. The van der Waals surface area contributed by atoms with Crippen LogP contribution in [0.4, 0.5) is 0 Å². The Bertz CT molecular complexity index is 934. The van der Waals surface area contributed by atoms with Crippen LogP contribution in [-0.4, -0.2) is 4.98 Å². The van der Waals surface area contributed by atoms with E-state index in [-0.39, 0.29) is 0 Å². The van der Waals surface area contributed by atoms with Crippen molar-refractivity contribution in [2.75, 3.05) is 0 Å². The summed E-state index contributed by atoms with van der Waals surface area (Å²) in [6.07, 6.45) is 0. The zero-order chi connectivity index (χ0) is 15.1. The number of fused-ring (bicyclic) bond motifs is 2. The molecule has 0 atom stereocenters. The fourth-order valence-electron chi connectivity index (χ4n) is 2.93. The van der Waals surface area contributed by atoms with Crippen LogP contribution < -0.4 is 0 Å². The summed E-state index contributed by atoms with van der Waals surface area (Å²) in [7, 11) is 0. The van der Waals surface area contributed by atoms with Crippen molar-refractivity contribution < 1.29 is 0 Å². The maximum atomic E-state index is 6.11. The lowest BCUT2D eigenvalue weighted by Gasteiger charge is -2.12. The molecule has 1 nitrogen and oxygen atoms in total. The number of halogens is 2. The molecule has 0 fully saturated rings. The van der Waals surface area contributed by atoms with Crippen molar-refractivity contribution in [2.24, 2.45) is 0 Å². The fourth-order valence-corrected chi connectivity index (χ4v) is 3.39. The monoisotopic (exact) mass is 323 g/mol. The van der Waals surface area contributed by atoms with Crippen molar-refractivity contribution in [2.45, 2.75) is 0 Å². The second-order valence-corrected chi connectivity index (χ2v) is 5.97. The molecule has 0 amide bonds. The van der Waals surface area contributed by atoms with Crippen molar-refractivity contribution in [1.29, 1.82) is 0 Å². The van der Waals surface area contributed by atoms with Gasteiger partial charge in [-0.25, -0.2) is 4.98 Å². The number of aromatic nitrogens is 1. The van der Waals surface area contributed by atoms with Gasteiger partial charge >= 0.3 is 0 Å². The van der Waals surface area contributed by atoms with Gasteiger partial charge in [-0.15, -0.1) is 0 Å². The molecule has 3 aromatic carbocycles. The van der Waals surface area contributed by atoms with Gasteiger partial charge in [0.15, 0.2) is 0 Å². The van der Waals surface area contributed by atoms with E-state index in [9.17, 15) is 0 Å². The Kier molecular flexibility index (Phi) is 3.25. The van der Waals surface area contributed by atoms with E-state index in [2.05, 4.69) is 35.3 Å². The highest BCUT2D eigenvalue weighted by Crippen LogP contribution is 2.37. The average molecular weight is 324 g/mol. The summed E-state index contributed by atoms with van der Waals surface area (Å²) in [5, 5.41) is 5.55. The van der Waals surface area contributed by atoms with Gasteiger partial charge < -0.3 is 0 Å². The van der Waals surface area contributed by atoms with Crippen LogP contribution in [-0.2, 0) is 0 Å². The summed E-state index contributed by atoms with van der Waals surface area (Å²) in [5.41, 5.74) is 2.12. The van der Waals surface area contributed by atoms with Crippen LogP contribution in [0.3, 0.4) is 0 Å². The number of hydrogen-bond acceptors (Lipinski definition) is 1. The van der Waals surface area contributed by atoms with E-state index in [0.717, 1.165) is 11.1 Å². The highest BCUT2D eigenvalue weighted by molar-refractivity contribution is 6.33. The maximum absolute atomic E-state index is 6.11. The lowest BCUT2D eigenvalue weighted by molar-refractivity contribution is 1.33. The predicted octanol–water partition coefficient (Wildman–Crippen LogP) is 6.36. The molecule has 0 radical (unpaired) electrons. The highest BCUT2D eigenvalue weighted by Gasteiger charge is 2.11. The van der Waals surface area contributed by atoms with E-state index in [1.807, 2.05) is 36.4 Å². The topological polar surface area (TPSA) is 12.9 Å². The maximum Gasteiger partial charge on any atom is 0.131 e. The number of hydrogen-bond donors (Lipinski definition) is 0. The number of rotatable bonds is 1. The van der Waals surface area contributed by atoms with E-state index >= 15 is 0 Å². The van der Waals surface area contributed by atoms with Crippen LogP contribution in [0.1, 0.15) is 0 Å². The SMILES string of the molecule is Clc1cc(-c2c3ccccc3cc3ccccc23)cc(Cl)n1. The fraction of sp³-hybridized carbons (Fsp3) is 0. The Morgan fingerprint density at radius 2 is 1.14 bits per heavy atom. The molecule has 4 aromatic rings. The van der Waals surface area contributed by atoms with Gasteiger partial charge in [0.1, 0.15) is 10.3 Å². The quantitative estimate of drug-likeness (QED) is 0.293. The Hall–Kier alpha value is -2.09. The number of benzene rings is 3. The van der Waals surface area contributed by atoms with Gasteiger partial charge in [0.05, 0.1) is 0 Å². The molecule has 0 saturated heterocycles. The first-order chi connectivity index (χ1) is 10.7. The average Bonchev–Trinajstić information content (AvgIpc) is 2.51. The molecule has 0 aliphatic carbocycles. The molecule has 3 heteroatoms. The Morgan fingerprint density at radius 3 is 1.68 bits per heavy atom. The molecule has 0 aliphatic rings. The molecule has 0 unspecified atom stereocenters. The zero-order valence-electron chi connectivity index (χ0n) is 11.6.